The van der Waals surface area contributed by atoms with Crippen LogP contribution in [0.5, 0.6) is 5.88 Å². The molecule has 0 radical (unpaired) electrons. The van der Waals surface area contributed by atoms with Crippen LogP contribution in [0.2, 0.25) is 0 Å². The maximum atomic E-state index is 11.4. The standard InChI is InChI=1S/C16H25N3O4S/c1-24(20,21)16-11-18-15(10-19-16)23-13-4-2-12(3-5-13)22-14-6-8-17-9-7-14/h10-14,17H,2-9H2,1H3. The number of ether oxygens (including phenoxy) is 2. The first-order valence-corrected chi connectivity index (χ1v) is 10.4. The zero-order valence-electron chi connectivity index (χ0n) is 14.0. The van der Waals surface area contributed by atoms with E-state index in [2.05, 4.69) is 15.3 Å². The first-order chi connectivity index (χ1) is 11.5. The summed E-state index contributed by atoms with van der Waals surface area (Å²) in [5.41, 5.74) is 0. The Morgan fingerprint density at radius 2 is 1.58 bits per heavy atom. The summed E-state index contributed by atoms with van der Waals surface area (Å²) in [6.45, 7) is 2.09. The van der Waals surface area contributed by atoms with E-state index < -0.39 is 9.84 Å². The molecule has 1 aliphatic carbocycles. The highest BCUT2D eigenvalue weighted by Crippen LogP contribution is 2.26. The lowest BCUT2D eigenvalue weighted by atomic mass is 9.94. The third kappa shape index (κ3) is 4.87. The lowest BCUT2D eigenvalue weighted by Gasteiger charge is -2.32. The summed E-state index contributed by atoms with van der Waals surface area (Å²) in [4.78, 5) is 7.95. The van der Waals surface area contributed by atoms with E-state index in [1.165, 1.54) is 12.4 Å². The lowest BCUT2D eigenvalue weighted by Crippen LogP contribution is -2.37. The van der Waals surface area contributed by atoms with Gasteiger partial charge in [0.15, 0.2) is 14.9 Å². The van der Waals surface area contributed by atoms with Gasteiger partial charge in [-0.2, -0.15) is 0 Å². The Labute approximate surface area is 143 Å². The van der Waals surface area contributed by atoms with Gasteiger partial charge in [0.25, 0.3) is 0 Å². The van der Waals surface area contributed by atoms with Gasteiger partial charge in [-0.15, -0.1) is 0 Å². The van der Waals surface area contributed by atoms with Crippen LogP contribution in [0.4, 0.5) is 0 Å². The minimum absolute atomic E-state index is 0.0334. The van der Waals surface area contributed by atoms with Gasteiger partial charge in [-0.3, -0.25) is 0 Å². The Hall–Kier alpha value is -1.25. The lowest BCUT2D eigenvalue weighted by molar-refractivity contribution is -0.0552. The van der Waals surface area contributed by atoms with Gasteiger partial charge in [-0.25, -0.2) is 18.4 Å². The van der Waals surface area contributed by atoms with E-state index in [0.29, 0.717) is 18.1 Å². The molecular weight excluding hydrogens is 330 g/mol. The highest BCUT2D eigenvalue weighted by atomic mass is 32.2. The molecule has 134 valence electrons. The molecule has 1 N–H and O–H groups in total. The molecule has 1 aliphatic heterocycles. The molecule has 1 saturated carbocycles. The average molecular weight is 355 g/mol. The zero-order valence-corrected chi connectivity index (χ0v) is 14.8. The SMILES string of the molecule is CS(=O)(=O)c1cnc(OC2CCC(OC3CCNCC3)CC2)cn1. The Kier molecular flexibility index (Phi) is 5.68. The van der Waals surface area contributed by atoms with Gasteiger partial charge in [0.2, 0.25) is 5.88 Å². The van der Waals surface area contributed by atoms with Crippen molar-refractivity contribution in [2.75, 3.05) is 19.3 Å². The summed E-state index contributed by atoms with van der Waals surface area (Å²) < 4.78 is 34.8. The summed E-state index contributed by atoms with van der Waals surface area (Å²) >= 11 is 0. The molecule has 1 saturated heterocycles. The molecule has 24 heavy (non-hydrogen) atoms. The van der Waals surface area contributed by atoms with Crippen LogP contribution in [-0.4, -0.2) is 56.0 Å². The van der Waals surface area contributed by atoms with Gasteiger partial charge < -0.3 is 14.8 Å². The van der Waals surface area contributed by atoms with E-state index in [1.807, 2.05) is 0 Å². The number of rotatable bonds is 5. The van der Waals surface area contributed by atoms with Crippen LogP contribution in [-0.2, 0) is 14.6 Å². The Bertz CT molecular complexity index is 621. The molecule has 2 heterocycles. The number of nitrogens with zero attached hydrogens (tertiary/aromatic N) is 2. The third-order valence-corrected chi connectivity index (χ3v) is 5.53. The molecule has 8 heteroatoms. The number of piperidine rings is 1. The van der Waals surface area contributed by atoms with Crippen molar-refractivity contribution in [3.8, 4) is 5.88 Å². The fourth-order valence-corrected chi connectivity index (χ4v) is 3.71. The van der Waals surface area contributed by atoms with E-state index in [1.54, 1.807) is 0 Å². The van der Waals surface area contributed by atoms with E-state index >= 15 is 0 Å². The van der Waals surface area contributed by atoms with Crippen LogP contribution in [0.25, 0.3) is 0 Å². The minimum Gasteiger partial charge on any atom is -0.473 e. The summed E-state index contributed by atoms with van der Waals surface area (Å²) in [5, 5.41) is 3.32. The first kappa shape index (κ1) is 17.6. The molecule has 0 bridgehead atoms. The number of hydrogen-bond acceptors (Lipinski definition) is 7. The highest BCUT2D eigenvalue weighted by Gasteiger charge is 2.26. The normalized spacial score (nSPS) is 26.2. The molecule has 3 rings (SSSR count). The van der Waals surface area contributed by atoms with E-state index in [-0.39, 0.29) is 11.1 Å². The van der Waals surface area contributed by atoms with Crippen molar-refractivity contribution in [3.05, 3.63) is 12.4 Å². The van der Waals surface area contributed by atoms with E-state index in [0.717, 1.165) is 57.9 Å². The van der Waals surface area contributed by atoms with Crippen LogP contribution in [0.15, 0.2) is 17.4 Å². The second-order valence-corrected chi connectivity index (χ2v) is 8.53. The van der Waals surface area contributed by atoms with Crippen molar-refractivity contribution in [3.63, 3.8) is 0 Å². The molecule has 0 amide bonds. The second kappa shape index (κ2) is 7.76. The number of aromatic nitrogens is 2. The highest BCUT2D eigenvalue weighted by molar-refractivity contribution is 7.90. The van der Waals surface area contributed by atoms with Crippen molar-refractivity contribution >= 4 is 9.84 Å². The monoisotopic (exact) mass is 355 g/mol. The predicted molar refractivity (Wildman–Crippen MR) is 88.8 cm³/mol. The van der Waals surface area contributed by atoms with E-state index in [4.69, 9.17) is 9.47 Å². The molecule has 0 unspecified atom stereocenters. The van der Waals surface area contributed by atoms with Crippen LogP contribution < -0.4 is 10.1 Å². The molecule has 0 spiro atoms. The Morgan fingerprint density at radius 3 is 2.17 bits per heavy atom. The number of sulfone groups is 1. The largest absolute Gasteiger partial charge is 0.473 e. The predicted octanol–water partition coefficient (Wildman–Crippen LogP) is 1.34. The number of nitrogens with one attached hydrogen (secondary N) is 1. The van der Waals surface area contributed by atoms with Crippen molar-refractivity contribution in [1.82, 2.24) is 15.3 Å². The van der Waals surface area contributed by atoms with Crippen molar-refractivity contribution in [2.24, 2.45) is 0 Å². The Morgan fingerprint density at radius 1 is 0.958 bits per heavy atom. The minimum atomic E-state index is -3.32. The van der Waals surface area contributed by atoms with Gasteiger partial charge in [0.1, 0.15) is 6.10 Å². The Balaban J connectivity index is 1.45. The fourth-order valence-electron chi connectivity index (χ4n) is 3.22. The molecule has 2 aliphatic rings. The molecule has 2 fully saturated rings. The third-order valence-electron chi connectivity index (χ3n) is 4.56. The summed E-state index contributed by atoms with van der Waals surface area (Å²) in [6, 6.07) is 0. The number of hydrogen-bond donors (Lipinski definition) is 1. The van der Waals surface area contributed by atoms with Crippen LogP contribution >= 0.6 is 0 Å². The second-order valence-electron chi connectivity index (χ2n) is 6.57. The van der Waals surface area contributed by atoms with Crippen LogP contribution in [0.1, 0.15) is 38.5 Å². The summed E-state index contributed by atoms with van der Waals surface area (Å²) in [7, 11) is -3.32. The summed E-state index contributed by atoms with van der Waals surface area (Å²) in [5.74, 6) is 0.380. The van der Waals surface area contributed by atoms with Gasteiger partial charge in [-0.1, -0.05) is 0 Å². The molecule has 0 atom stereocenters. The molecule has 7 nitrogen and oxygen atoms in total. The zero-order chi connectivity index (χ0) is 17.0. The van der Waals surface area contributed by atoms with Crippen molar-refractivity contribution in [2.45, 2.75) is 61.9 Å². The quantitative estimate of drug-likeness (QED) is 0.852. The average Bonchev–Trinajstić information content (AvgIpc) is 2.57. The van der Waals surface area contributed by atoms with Crippen LogP contribution in [0.3, 0.4) is 0 Å². The summed E-state index contributed by atoms with van der Waals surface area (Å²) in [6.07, 6.45) is 10.6. The molecule has 1 aromatic rings. The van der Waals surface area contributed by atoms with Crippen LogP contribution in [0, 0.1) is 0 Å². The van der Waals surface area contributed by atoms with Gasteiger partial charge in [0, 0.05) is 6.26 Å². The molecular formula is C16H25N3O4S. The van der Waals surface area contributed by atoms with Crippen molar-refractivity contribution < 1.29 is 17.9 Å². The first-order valence-electron chi connectivity index (χ1n) is 8.55. The fraction of sp³-hybridized carbons (Fsp3) is 0.750. The van der Waals surface area contributed by atoms with E-state index in [9.17, 15) is 8.42 Å². The van der Waals surface area contributed by atoms with Crippen molar-refractivity contribution in [1.29, 1.82) is 0 Å². The topological polar surface area (TPSA) is 90.4 Å². The molecule has 0 aromatic carbocycles. The van der Waals surface area contributed by atoms with Gasteiger partial charge in [-0.05, 0) is 51.6 Å². The van der Waals surface area contributed by atoms with Gasteiger partial charge in [0.05, 0.1) is 24.6 Å². The smallest absolute Gasteiger partial charge is 0.232 e. The molecule has 1 aromatic heterocycles. The maximum Gasteiger partial charge on any atom is 0.232 e. The van der Waals surface area contributed by atoms with Gasteiger partial charge >= 0.3 is 0 Å². The maximum absolute atomic E-state index is 11.4.